The predicted molar refractivity (Wildman–Crippen MR) is 115 cm³/mol. The minimum Gasteiger partial charge on any atom is -0.322 e. The highest BCUT2D eigenvalue weighted by Crippen LogP contribution is 2.19. The molecule has 146 valence electrons. The fourth-order valence-electron chi connectivity index (χ4n) is 3.43. The average molecular weight is 385 g/mol. The Hall–Kier alpha value is -3.51. The van der Waals surface area contributed by atoms with Crippen LogP contribution in [0.25, 0.3) is 10.9 Å². The van der Waals surface area contributed by atoms with E-state index in [1.165, 1.54) is 0 Å². The summed E-state index contributed by atoms with van der Waals surface area (Å²) >= 11 is 0. The van der Waals surface area contributed by atoms with E-state index in [9.17, 15) is 4.79 Å². The Kier molecular flexibility index (Phi) is 5.35. The van der Waals surface area contributed by atoms with Crippen molar-refractivity contribution >= 4 is 22.5 Å². The van der Waals surface area contributed by atoms with E-state index in [0.29, 0.717) is 5.56 Å². The summed E-state index contributed by atoms with van der Waals surface area (Å²) < 4.78 is 1.81. The van der Waals surface area contributed by atoms with Crippen molar-refractivity contribution in [3.05, 3.63) is 89.9 Å². The Morgan fingerprint density at radius 3 is 2.69 bits per heavy atom. The first-order valence-electron chi connectivity index (χ1n) is 9.48. The smallest absolute Gasteiger partial charge is 0.255 e. The summed E-state index contributed by atoms with van der Waals surface area (Å²) in [7, 11) is 3.96. The van der Waals surface area contributed by atoms with Crippen molar-refractivity contribution in [3.8, 4) is 0 Å². The molecule has 0 aliphatic carbocycles. The molecule has 6 nitrogen and oxygen atoms in total. The SMILES string of the molecule is CN(Cc1cccnc1)Cc1cccc(C(=O)Nc2ccc3c(cnn3C)c2)c1. The van der Waals surface area contributed by atoms with Crippen LogP contribution in [0.3, 0.4) is 0 Å². The Labute approximate surface area is 169 Å². The molecule has 2 aromatic carbocycles. The second-order valence-electron chi connectivity index (χ2n) is 7.23. The highest BCUT2D eigenvalue weighted by Gasteiger charge is 2.09. The fourth-order valence-corrected chi connectivity index (χ4v) is 3.43. The molecule has 0 spiro atoms. The zero-order chi connectivity index (χ0) is 20.2. The van der Waals surface area contributed by atoms with Crippen molar-refractivity contribution < 1.29 is 4.79 Å². The summed E-state index contributed by atoms with van der Waals surface area (Å²) in [5, 5.41) is 8.22. The molecule has 0 radical (unpaired) electrons. The molecule has 0 aliphatic heterocycles. The molecule has 29 heavy (non-hydrogen) atoms. The lowest BCUT2D eigenvalue weighted by Gasteiger charge is -2.17. The zero-order valence-corrected chi connectivity index (χ0v) is 16.5. The van der Waals surface area contributed by atoms with Crippen molar-refractivity contribution in [2.75, 3.05) is 12.4 Å². The zero-order valence-electron chi connectivity index (χ0n) is 16.5. The molecule has 0 bridgehead atoms. The maximum absolute atomic E-state index is 12.7. The predicted octanol–water partition coefficient (Wildman–Crippen LogP) is 3.85. The molecule has 0 atom stereocenters. The summed E-state index contributed by atoms with van der Waals surface area (Å²) in [5.74, 6) is -0.120. The van der Waals surface area contributed by atoms with Crippen molar-refractivity contribution in [1.29, 1.82) is 0 Å². The number of pyridine rings is 1. The van der Waals surface area contributed by atoms with Gasteiger partial charge in [0, 0.05) is 49.2 Å². The lowest BCUT2D eigenvalue weighted by Crippen LogP contribution is -2.18. The molecule has 0 fully saturated rings. The molecule has 0 aliphatic rings. The standard InChI is InChI=1S/C23H23N5O/c1-27(16-18-6-4-10-24-13-18)15-17-5-3-7-19(11-17)23(29)26-21-8-9-22-20(12-21)14-25-28(22)2/h3-14H,15-16H2,1-2H3,(H,26,29). The second kappa shape index (κ2) is 8.24. The number of aryl methyl sites for hydroxylation is 1. The van der Waals surface area contributed by atoms with Gasteiger partial charge in [0.2, 0.25) is 0 Å². The largest absolute Gasteiger partial charge is 0.322 e. The van der Waals surface area contributed by atoms with Crippen LogP contribution in [0, 0.1) is 0 Å². The Balaban J connectivity index is 1.43. The number of anilines is 1. The van der Waals surface area contributed by atoms with Crippen LogP contribution >= 0.6 is 0 Å². The average Bonchev–Trinajstić information content (AvgIpc) is 3.09. The van der Waals surface area contributed by atoms with Crippen LogP contribution in [0.1, 0.15) is 21.5 Å². The topological polar surface area (TPSA) is 63.1 Å². The van der Waals surface area contributed by atoms with Crippen LogP contribution < -0.4 is 5.32 Å². The number of fused-ring (bicyclic) bond motifs is 1. The number of aromatic nitrogens is 3. The summed E-state index contributed by atoms with van der Waals surface area (Å²) in [6.07, 6.45) is 5.45. The molecule has 0 saturated heterocycles. The number of carbonyl (C=O) groups is 1. The number of nitrogens with zero attached hydrogens (tertiary/aromatic N) is 4. The third-order valence-electron chi connectivity index (χ3n) is 4.82. The number of hydrogen-bond donors (Lipinski definition) is 1. The molecule has 0 unspecified atom stereocenters. The van der Waals surface area contributed by atoms with Crippen LogP contribution in [-0.4, -0.2) is 32.6 Å². The van der Waals surface area contributed by atoms with Crippen molar-refractivity contribution in [1.82, 2.24) is 19.7 Å². The number of amides is 1. The Morgan fingerprint density at radius 2 is 1.86 bits per heavy atom. The van der Waals surface area contributed by atoms with Gasteiger partial charge in [-0.1, -0.05) is 18.2 Å². The Morgan fingerprint density at radius 1 is 1.03 bits per heavy atom. The van der Waals surface area contributed by atoms with Crippen LogP contribution in [0.15, 0.2) is 73.2 Å². The molecule has 4 aromatic rings. The first-order chi connectivity index (χ1) is 14.1. The van der Waals surface area contributed by atoms with Gasteiger partial charge in [0.1, 0.15) is 0 Å². The molecular weight excluding hydrogens is 362 g/mol. The first-order valence-corrected chi connectivity index (χ1v) is 9.48. The van der Waals surface area contributed by atoms with E-state index in [1.807, 2.05) is 66.5 Å². The van der Waals surface area contributed by atoms with Gasteiger partial charge in [-0.05, 0) is 54.6 Å². The number of carbonyl (C=O) groups excluding carboxylic acids is 1. The van der Waals surface area contributed by atoms with Gasteiger partial charge in [-0.3, -0.25) is 19.4 Å². The van der Waals surface area contributed by atoms with E-state index in [4.69, 9.17) is 0 Å². The van der Waals surface area contributed by atoms with E-state index in [2.05, 4.69) is 33.4 Å². The van der Waals surface area contributed by atoms with Crippen molar-refractivity contribution in [2.45, 2.75) is 13.1 Å². The molecule has 1 N–H and O–H groups in total. The van der Waals surface area contributed by atoms with Gasteiger partial charge >= 0.3 is 0 Å². The number of rotatable bonds is 6. The quantitative estimate of drug-likeness (QED) is 0.548. The highest BCUT2D eigenvalue weighted by molar-refractivity contribution is 6.05. The maximum Gasteiger partial charge on any atom is 0.255 e. The van der Waals surface area contributed by atoms with Gasteiger partial charge in [0.05, 0.1) is 11.7 Å². The highest BCUT2D eigenvalue weighted by atomic mass is 16.1. The summed E-state index contributed by atoms with van der Waals surface area (Å²) in [6, 6.07) is 17.5. The van der Waals surface area contributed by atoms with Crippen molar-refractivity contribution in [3.63, 3.8) is 0 Å². The number of hydrogen-bond acceptors (Lipinski definition) is 4. The number of benzene rings is 2. The van der Waals surface area contributed by atoms with E-state index in [1.54, 1.807) is 12.4 Å². The maximum atomic E-state index is 12.7. The molecule has 4 rings (SSSR count). The minimum absolute atomic E-state index is 0.120. The van der Waals surface area contributed by atoms with Gasteiger partial charge in [-0.15, -0.1) is 0 Å². The van der Waals surface area contributed by atoms with E-state index < -0.39 is 0 Å². The summed E-state index contributed by atoms with van der Waals surface area (Å²) in [6.45, 7) is 1.55. The monoisotopic (exact) mass is 385 g/mol. The van der Waals surface area contributed by atoms with Crippen LogP contribution in [-0.2, 0) is 20.1 Å². The third-order valence-corrected chi connectivity index (χ3v) is 4.82. The van der Waals surface area contributed by atoms with Crippen LogP contribution in [0.2, 0.25) is 0 Å². The molecule has 2 heterocycles. The fraction of sp³-hybridized carbons (Fsp3) is 0.174. The minimum atomic E-state index is -0.120. The Bertz CT molecular complexity index is 1140. The van der Waals surface area contributed by atoms with Gasteiger partial charge in [0.15, 0.2) is 0 Å². The molecule has 6 heteroatoms. The van der Waals surface area contributed by atoms with E-state index >= 15 is 0 Å². The summed E-state index contributed by atoms with van der Waals surface area (Å²) in [4.78, 5) is 19.1. The van der Waals surface area contributed by atoms with Crippen molar-refractivity contribution in [2.24, 2.45) is 7.05 Å². The van der Waals surface area contributed by atoms with E-state index in [-0.39, 0.29) is 5.91 Å². The van der Waals surface area contributed by atoms with Gasteiger partial charge in [-0.25, -0.2) is 0 Å². The van der Waals surface area contributed by atoms with Gasteiger partial charge < -0.3 is 5.32 Å². The molecular formula is C23H23N5O. The van der Waals surface area contributed by atoms with Crippen LogP contribution in [0.5, 0.6) is 0 Å². The van der Waals surface area contributed by atoms with Crippen LogP contribution in [0.4, 0.5) is 5.69 Å². The molecule has 0 saturated carbocycles. The first kappa shape index (κ1) is 18.8. The summed E-state index contributed by atoms with van der Waals surface area (Å²) in [5.41, 5.74) is 4.68. The van der Waals surface area contributed by atoms with Gasteiger partial charge in [-0.2, -0.15) is 5.10 Å². The third kappa shape index (κ3) is 4.50. The van der Waals surface area contributed by atoms with E-state index in [0.717, 1.165) is 40.8 Å². The molecule has 1 amide bonds. The normalized spacial score (nSPS) is 11.1. The molecule has 2 aromatic heterocycles. The number of nitrogens with one attached hydrogen (secondary N) is 1. The lowest BCUT2D eigenvalue weighted by molar-refractivity contribution is 0.102. The lowest BCUT2D eigenvalue weighted by atomic mass is 10.1. The van der Waals surface area contributed by atoms with Gasteiger partial charge in [0.25, 0.3) is 5.91 Å². The second-order valence-corrected chi connectivity index (χ2v) is 7.23.